The number of thiophene rings is 1. The van der Waals surface area contributed by atoms with E-state index in [1.54, 1.807) is 20.0 Å². The van der Waals surface area contributed by atoms with E-state index < -0.39 is 4.92 Å². The maximum absolute atomic E-state index is 12.6. The second-order valence-corrected chi connectivity index (χ2v) is 8.22. The molecule has 8 heteroatoms. The predicted molar refractivity (Wildman–Crippen MR) is 110 cm³/mol. The van der Waals surface area contributed by atoms with Gasteiger partial charge in [0.25, 0.3) is 11.2 Å². The molecule has 4 rings (SSSR count). The van der Waals surface area contributed by atoms with Crippen LogP contribution in [0.25, 0.3) is 20.3 Å². The Labute approximate surface area is 162 Å². The van der Waals surface area contributed by atoms with E-state index in [0.29, 0.717) is 26.5 Å². The lowest BCUT2D eigenvalue weighted by Gasteiger charge is -2.06. The Kier molecular flexibility index (Phi) is 4.45. The number of benzene rings is 2. The fraction of sp³-hybridized carbons (Fsp3) is 0.158. The molecule has 0 atom stereocenters. The Bertz CT molecular complexity index is 1250. The van der Waals surface area contributed by atoms with E-state index in [-0.39, 0.29) is 11.2 Å². The van der Waals surface area contributed by atoms with Crippen molar-refractivity contribution in [2.75, 3.05) is 0 Å². The topological polar surface area (TPSA) is 78.0 Å². The molecule has 0 amide bonds. The Morgan fingerprint density at radius 3 is 2.70 bits per heavy atom. The summed E-state index contributed by atoms with van der Waals surface area (Å²) in [6.45, 7) is 1.78. The van der Waals surface area contributed by atoms with Gasteiger partial charge in [-0.15, -0.1) is 23.1 Å². The van der Waals surface area contributed by atoms with Crippen LogP contribution in [-0.4, -0.2) is 14.5 Å². The Morgan fingerprint density at radius 1 is 1.26 bits per heavy atom. The lowest BCUT2D eigenvalue weighted by molar-refractivity contribution is -0.384. The monoisotopic (exact) mass is 397 g/mol. The Balaban J connectivity index is 1.95. The lowest BCUT2D eigenvalue weighted by atomic mass is 10.2. The molecule has 0 N–H and O–H groups in total. The van der Waals surface area contributed by atoms with Gasteiger partial charge in [-0.05, 0) is 12.5 Å². The molecule has 0 aliphatic carbocycles. The van der Waals surface area contributed by atoms with Gasteiger partial charge in [-0.1, -0.05) is 30.3 Å². The summed E-state index contributed by atoms with van der Waals surface area (Å²) < 4.78 is 2.74. The number of non-ortho nitro benzene ring substituents is 1. The van der Waals surface area contributed by atoms with Crippen LogP contribution in [0.15, 0.2) is 52.2 Å². The van der Waals surface area contributed by atoms with Crippen LogP contribution in [-0.2, 0) is 12.8 Å². The molecular weight excluding hydrogens is 382 g/mol. The molecule has 2 aromatic carbocycles. The molecule has 0 saturated heterocycles. The van der Waals surface area contributed by atoms with Gasteiger partial charge in [0.2, 0.25) is 0 Å². The first-order valence-electron chi connectivity index (χ1n) is 8.20. The highest BCUT2D eigenvalue weighted by Crippen LogP contribution is 2.41. The molecule has 0 saturated carbocycles. The fourth-order valence-electron chi connectivity index (χ4n) is 2.90. The molecular formula is C19H15N3O3S2. The normalized spacial score (nSPS) is 11.3. The van der Waals surface area contributed by atoms with E-state index in [2.05, 4.69) is 4.98 Å². The van der Waals surface area contributed by atoms with E-state index in [1.807, 2.05) is 30.3 Å². The van der Waals surface area contributed by atoms with E-state index >= 15 is 0 Å². The van der Waals surface area contributed by atoms with Crippen molar-refractivity contribution < 1.29 is 4.92 Å². The summed E-state index contributed by atoms with van der Waals surface area (Å²) in [7, 11) is 1.68. The summed E-state index contributed by atoms with van der Waals surface area (Å²) in [5, 5.41) is 12.2. The molecule has 0 radical (unpaired) electrons. The highest BCUT2D eigenvalue weighted by Gasteiger charge is 2.20. The molecule has 0 aliphatic rings. The maximum atomic E-state index is 12.6. The third kappa shape index (κ3) is 3.11. The van der Waals surface area contributed by atoms with Crippen molar-refractivity contribution in [1.82, 2.24) is 9.55 Å². The molecule has 0 fully saturated rings. The minimum absolute atomic E-state index is 0.0261. The molecule has 0 unspecified atom stereocenters. The standard InChI is InChI=1S/C19H15N3O3S2/c1-11-20-17-16-14(26-10-12-6-4-3-5-7-12)8-13(22(24)25)9-15(16)27-18(17)19(23)21(11)2/h3-9H,10H2,1-2H3. The van der Waals surface area contributed by atoms with Crippen molar-refractivity contribution >= 4 is 49.1 Å². The highest BCUT2D eigenvalue weighted by atomic mass is 32.2. The van der Waals surface area contributed by atoms with E-state index in [9.17, 15) is 14.9 Å². The number of fused-ring (bicyclic) bond motifs is 3. The van der Waals surface area contributed by atoms with Gasteiger partial charge in [0.05, 0.1) is 10.4 Å². The molecule has 136 valence electrons. The van der Waals surface area contributed by atoms with Gasteiger partial charge in [0.1, 0.15) is 10.5 Å². The minimum Gasteiger partial charge on any atom is -0.299 e. The zero-order valence-electron chi connectivity index (χ0n) is 14.6. The van der Waals surface area contributed by atoms with Gasteiger partial charge in [-0.2, -0.15) is 0 Å². The van der Waals surface area contributed by atoms with Crippen LogP contribution in [0, 0.1) is 17.0 Å². The smallest absolute Gasteiger partial charge is 0.272 e. The van der Waals surface area contributed by atoms with E-state index in [4.69, 9.17) is 0 Å². The predicted octanol–water partition coefficient (Wildman–Crippen LogP) is 4.66. The molecule has 2 heterocycles. The van der Waals surface area contributed by atoms with Gasteiger partial charge < -0.3 is 0 Å². The minimum atomic E-state index is -0.396. The number of aryl methyl sites for hydroxylation is 1. The number of hydrogen-bond donors (Lipinski definition) is 0. The van der Waals surface area contributed by atoms with Gasteiger partial charge in [-0.25, -0.2) is 4.98 Å². The first-order valence-corrected chi connectivity index (χ1v) is 10.0. The van der Waals surface area contributed by atoms with E-state index in [0.717, 1.165) is 15.8 Å². The number of nitro groups is 1. The van der Waals surface area contributed by atoms with E-state index in [1.165, 1.54) is 33.7 Å². The summed E-state index contributed by atoms with van der Waals surface area (Å²) in [5.74, 6) is 1.29. The SMILES string of the molecule is Cc1nc2c(sc3cc([N+](=O)[O-])cc(SCc4ccccc4)c32)c(=O)n1C. The first-order chi connectivity index (χ1) is 13.0. The van der Waals surface area contributed by atoms with Crippen LogP contribution < -0.4 is 5.56 Å². The van der Waals surface area contributed by atoms with Crippen molar-refractivity contribution in [2.45, 2.75) is 17.6 Å². The summed E-state index contributed by atoms with van der Waals surface area (Å²) in [6, 6.07) is 13.0. The number of nitro benzene ring substituents is 1. The molecule has 2 aromatic heterocycles. The molecule has 0 bridgehead atoms. The molecule has 0 aliphatic heterocycles. The number of hydrogen-bond acceptors (Lipinski definition) is 6. The molecule has 6 nitrogen and oxygen atoms in total. The largest absolute Gasteiger partial charge is 0.299 e. The third-order valence-corrected chi connectivity index (χ3v) is 6.65. The van der Waals surface area contributed by atoms with Crippen LogP contribution in [0.1, 0.15) is 11.4 Å². The van der Waals surface area contributed by atoms with Crippen LogP contribution in [0.4, 0.5) is 5.69 Å². The lowest BCUT2D eigenvalue weighted by Crippen LogP contribution is -2.19. The third-order valence-electron chi connectivity index (χ3n) is 4.42. The quantitative estimate of drug-likeness (QED) is 0.284. The van der Waals surface area contributed by atoms with Crippen LogP contribution >= 0.6 is 23.1 Å². The molecule has 27 heavy (non-hydrogen) atoms. The highest BCUT2D eigenvalue weighted by molar-refractivity contribution is 7.98. The summed E-state index contributed by atoms with van der Waals surface area (Å²) >= 11 is 2.79. The first kappa shape index (κ1) is 17.7. The van der Waals surface area contributed by atoms with Crippen molar-refractivity contribution in [3.8, 4) is 0 Å². The number of thioether (sulfide) groups is 1. The number of aromatic nitrogens is 2. The average molecular weight is 397 g/mol. The van der Waals surface area contributed by atoms with Crippen LogP contribution in [0.5, 0.6) is 0 Å². The average Bonchev–Trinajstić information content (AvgIpc) is 3.03. The van der Waals surface area contributed by atoms with Gasteiger partial charge in [0, 0.05) is 39.9 Å². The summed E-state index contributed by atoms with van der Waals surface area (Å²) in [5.41, 5.74) is 1.65. The van der Waals surface area contributed by atoms with Crippen molar-refractivity contribution in [3.05, 3.63) is 74.3 Å². The Morgan fingerprint density at radius 2 is 2.00 bits per heavy atom. The van der Waals surface area contributed by atoms with Crippen molar-refractivity contribution in [1.29, 1.82) is 0 Å². The van der Waals surface area contributed by atoms with Gasteiger partial charge in [-0.3, -0.25) is 19.5 Å². The molecule has 0 spiro atoms. The zero-order valence-corrected chi connectivity index (χ0v) is 16.3. The van der Waals surface area contributed by atoms with Crippen molar-refractivity contribution in [2.24, 2.45) is 7.05 Å². The summed E-state index contributed by atoms with van der Waals surface area (Å²) in [4.78, 5) is 29.0. The molecule has 4 aromatic rings. The number of rotatable bonds is 4. The van der Waals surface area contributed by atoms with Gasteiger partial charge in [0.15, 0.2) is 0 Å². The van der Waals surface area contributed by atoms with Crippen LogP contribution in [0.3, 0.4) is 0 Å². The summed E-state index contributed by atoms with van der Waals surface area (Å²) in [6.07, 6.45) is 0. The van der Waals surface area contributed by atoms with Crippen molar-refractivity contribution in [3.63, 3.8) is 0 Å². The number of nitrogens with zero attached hydrogens (tertiary/aromatic N) is 3. The maximum Gasteiger partial charge on any atom is 0.272 e. The second-order valence-electron chi connectivity index (χ2n) is 6.15. The second kappa shape index (κ2) is 6.79. The van der Waals surface area contributed by atoms with Gasteiger partial charge >= 0.3 is 0 Å². The van der Waals surface area contributed by atoms with Crippen LogP contribution in [0.2, 0.25) is 0 Å². The fourth-order valence-corrected chi connectivity index (χ4v) is 5.22. The zero-order chi connectivity index (χ0) is 19.1. The Hall–Kier alpha value is -2.71.